The molecule has 0 spiro atoms. The van der Waals surface area contributed by atoms with E-state index in [1.165, 1.54) is 31.2 Å². The third-order valence-electron chi connectivity index (χ3n) is 3.33. The average molecular weight is 388 g/mol. The van der Waals surface area contributed by atoms with Crippen molar-refractivity contribution in [2.45, 2.75) is 13.1 Å². The zero-order chi connectivity index (χ0) is 19.6. The van der Waals surface area contributed by atoms with E-state index >= 15 is 0 Å². The number of esters is 1. The van der Waals surface area contributed by atoms with Crippen LogP contribution in [0.5, 0.6) is 0 Å². The highest BCUT2D eigenvalue weighted by molar-refractivity contribution is 7.18. The molecule has 0 radical (unpaired) electrons. The van der Waals surface area contributed by atoms with Gasteiger partial charge in [-0.1, -0.05) is 12.1 Å². The molecule has 7 nitrogen and oxygen atoms in total. The predicted octanol–water partition coefficient (Wildman–Crippen LogP) is 3.92. The standard InChI is InChI=1S/C15H11F3N2O5S/c1-7-10(19-14(22)15(16,17)18)12(13(21)25-2)26-11(7)8-4-3-5-9(6-8)20(23)24/h3-6H,1-2H3,(H,19,22). The number of benzene rings is 1. The largest absolute Gasteiger partial charge is 0.471 e. The summed E-state index contributed by atoms with van der Waals surface area (Å²) in [6, 6.07) is 5.37. The van der Waals surface area contributed by atoms with Gasteiger partial charge in [0.05, 0.1) is 17.7 Å². The molecule has 2 aromatic rings. The number of nitrogens with zero attached hydrogens (tertiary/aromatic N) is 1. The smallest absolute Gasteiger partial charge is 0.465 e. The Kier molecular flexibility index (Phi) is 5.30. The molecule has 1 amide bonds. The summed E-state index contributed by atoms with van der Waals surface area (Å²) in [6.45, 7) is 1.39. The van der Waals surface area contributed by atoms with Crippen LogP contribution in [0.4, 0.5) is 24.5 Å². The third kappa shape index (κ3) is 3.82. The molecular formula is C15H11F3N2O5S. The number of non-ortho nitro benzene ring substituents is 1. The molecule has 11 heteroatoms. The Morgan fingerprint density at radius 3 is 2.50 bits per heavy atom. The molecule has 0 aliphatic rings. The summed E-state index contributed by atoms with van der Waals surface area (Å²) in [4.78, 5) is 33.5. The number of ether oxygens (including phenoxy) is 1. The number of hydrogen-bond acceptors (Lipinski definition) is 6. The van der Waals surface area contributed by atoms with Crippen molar-refractivity contribution in [3.8, 4) is 10.4 Å². The van der Waals surface area contributed by atoms with Crippen LogP contribution in [0.2, 0.25) is 0 Å². The monoisotopic (exact) mass is 388 g/mol. The Morgan fingerprint density at radius 2 is 1.96 bits per heavy atom. The molecule has 26 heavy (non-hydrogen) atoms. The lowest BCUT2D eigenvalue weighted by Gasteiger charge is -2.09. The highest BCUT2D eigenvalue weighted by Crippen LogP contribution is 2.41. The molecule has 0 unspecified atom stereocenters. The number of amides is 1. The Hall–Kier alpha value is -2.95. The summed E-state index contributed by atoms with van der Waals surface area (Å²) in [5, 5.41) is 12.6. The van der Waals surface area contributed by atoms with Crippen molar-refractivity contribution in [1.82, 2.24) is 0 Å². The van der Waals surface area contributed by atoms with E-state index in [4.69, 9.17) is 0 Å². The maximum atomic E-state index is 12.6. The number of nitro groups is 1. The Labute approximate surface area is 148 Å². The van der Waals surface area contributed by atoms with Crippen molar-refractivity contribution in [2.75, 3.05) is 12.4 Å². The summed E-state index contributed by atoms with van der Waals surface area (Å²) in [5.74, 6) is -3.18. The van der Waals surface area contributed by atoms with Gasteiger partial charge in [-0.3, -0.25) is 14.9 Å². The second-order valence-corrected chi connectivity index (χ2v) is 6.03. The van der Waals surface area contributed by atoms with Crippen LogP contribution in [0.15, 0.2) is 24.3 Å². The van der Waals surface area contributed by atoms with E-state index in [9.17, 15) is 32.9 Å². The first-order valence-electron chi connectivity index (χ1n) is 6.91. The maximum absolute atomic E-state index is 12.6. The van der Waals surface area contributed by atoms with Crippen LogP contribution >= 0.6 is 11.3 Å². The zero-order valence-corrected chi connectivity index (χ0v) is 14.2. The van der Waals surface area contributed by atoms with E-state index in [1.807, 2.05) is 0 Å². The van der Waals surface area contributed by atoms with Crippen LogP contribution < -0.4 is 5.32 Å². The van der Waals surface area contributed by atoms with Gasteiger partial charge in [0, 0.05) is 17.0 Å². The normalized spacial score (nSPS) is 11.1. The van der Waals surface area contributed by atoms with E-state index in [2.05, 4.69) is 4.74 Å². The Balaban J connectivity index is 2.59. The molecular weight excluding hydrogens is 377 g/mol. The van der Waals surface area contributed by atoms with Crippen molar-refractivity contribution in [3.63, 3.8) is 0 Å². The molecule has 138 valence electrons. The van der Waals surface area contributed by atoms with Gasteiger partial charge < -0.3 is 10.1 Å². The van der Waals surface area contributed by atoms with Crippen LogP contribution in [-0.4, -0.2) is 30.1 Å². The molecule has 1 N–H and O–H groups in total. The van der Waals surface area contributed by atoms with Crippen molar-refractivity contribution in [1.29, 1.82) is 0 Å². The van der Waals surface area contributed by atoms with E-state index < -0.39 is 23.0 Å². The second kappa shape index (κ2) is 7.12. The first-order valence-corrected chi connectivity index (χ1v) is 7.72. The minimum Gasteiger partial charge on any atom is -0.465 e. The molecule has 1 aromatic carbocycles. The van der Waals surface area contributed by atoms with E-state index in [-0.39, 0.29) is 21.8 Å². The second-order valence-electron chi connectivity index (χ2n) is 5.01. The lowest BCUT2D eigenvalue weighted by atomic mass is 10.1. The lowest BCUT2D eigenvalue weighted by Crippen LogP contribution is -2.30. The number of anilines is 1. The fraction of sp³-hybridized carbons (Fsp3) is 0.200. The van der Waals surface area contributed by atoms with E-state index in [0.29, 0.717) is 10.4 Å². The first kappa shape index (κ1) is 19.4. The van der Waals surface area contributed by atoms with Crippen LogP contribution in [0.1, 0.15) is 15.2 Å². The molecule has 1 heterocycles. The van der Waals surface area contributed by atoms with Crippen molar-refractivity contribution < 1.29 is 32.4 Å². The summed E-state index contributed by atoms with van der Waals surface area (Å²) in [5.41, 5.74) is -0.0886. The van der Waals surface area contributed by atoms with Crippen LogP contribution in [-0.2, 0) is 9.53 Å². The third-order valence-corrected chi connectivity index (χ3v) is 4.65. The van der Waals surface area contributed by atoms with E-state index in [0.717, 1.165) is 18.4 Å². The zero-order valence-electron chi connectivity index (χ0n) is 13.3. The number of hydrogen-bond donors (Lipinski definition) is 1. The molecule has 0 bridgehead atoms. The number of carbonyl (C=O) groups is 2. The fourth-order valence-corrected chi connectivity index (χ4v) is 3.30. The number of nitro benzene ring substituents is 1. The summed E-state index contributed by atoms with van der Waals surface area (Å²) < 4.78 is 42.2. The van der Waals surface area contributed by atoms with Gasteiger partial charge >= 0.3 is 18.1 Å². The quantitative estimate of drug-likeness (QED) is 0.486. The first-order chi connectivity index (χ1) is 12.1. The van der Waals surface area contributed by atoms with Gasteiger partial charge in [-0.2, -0.15) is 13.2 Å². The van der Waals surface area contributed by atoms with Crippen molar-refractivity contribution in [3.05, 3.63) is 44.8 Å². The molecule has 0 aliphatic heterocycles. The molecule has 0 fully saturated rings. The van der Waals surface area contributed by atoms with Gasteiger partial charge in [0.25, 0.3) is 5.69 Å². The van der Waals surface area contributed by atoms with Gasteiger partial charge in [-0.25, -0.2) is 4.79 Å². The van der Waals surface area contributed by atoms with Crippen LogP contribution in [0.25, 0.3) is 10.4 Å². The Morgan fingerprint density at radius 1 is 1.31 bits per heavy atom. The van der Waals surface area contributed by atoms with Crippen molar-refractivity contribution in [2.24, 2.45) is 0 Å². The van der Waals surface area contributed by atoms with Gasteiger partial charge in [-0.05, 0) is 18.1 Å². The average Bonchev–Trinajstić information content (AvgIpc) is 2.90. The summed E-state index contributed by atoms with van der Waals surface area (Å²) >= 11 is 0.766. The number of methoxy groups -OCH3 is 1. The van der Waals surface area contributed by atoms with E-state index in [1.54, 1.807) is 5.32 Å². The lowest BCUT2D eigenvalue weighted by molar-refractivity contribution is -0.384. The van der Waals surface area contributed by atoms with Gasteiger partial charge in [0.1, 0.15) is 4.88 Å². The molecule has 2 rings (SSSR count). The summed E-state index contributed by atoms with van der Waals surface area (Å²) in [6.07, 6.45) is -5.15. The highest BCUT2D eigenvalue weighted by Gasteiger charge is 2.40. The van der Waals surface area contributed by atoms with Crippen LogP contribution in [0.3, 0.4) is 0 Å². The molecule has 0 saturated carbocycles. The minimum atomic E-state index is -5.15. The number of halogens is 3. The van der Waals surface area contributed by atoms with Crippen molar-refractivity contribution >= 4 is 34.6 Å². The Bertz CT molecular complexity index is 892. The maximum Gasteiger partial charge on any atom is 0.471 e. The summed E-state index contributed by atoms with van der Waals surface area (Å²) in [7, 11) is 1.04. The predicted molar refractivity (Wildman–Crippen MR) is 87.2 cm³/mol. The fourth-order valence-electron chi connectivity index (χ4n) is 2.12. The number of carbonyl (C=O) groups excluding carboxylic acids is 2. The van der Waals surface area contributed by atoms with Gasteiger partial charge in [-0.15, -0.1) is 11.3 Å². The molecule has 0 saturated heterocycles. The molecule has 0 atom stereocenters. The number of rotatable bonds is 4. The van der Waals surface area contributed by atoms with Gasteiger partial charge in [0.2, 0.25) is 0 Å². The SMILES string of the molecule is COC(=O)c1sc(-c2cccc([N+](=O)[O-])c2)c(C)c1NC(=O)C(F)(F)F. The van der Waals surface area contributed by atoms with Gasteiger partial charge in [0.15, 0.2) is 0 Å². The molecule has 0 aliphatic carbocycles. The molecule has 1 aromatic heterocycles. The van der Waals surface area contributed by atoms with Crippen LogP contribution in [0, 0.1) is 17.0 Å². The number of thiophene rings is 1. The highest BCUT2D eigenvalue weighted by atomic mass is 32.1. The topological polar surface area (TPSA) is 98.5 Å². The minimum absolute atomic E-state index is 0.161. The number of nitrogens with one attached hydrogen (secondary N) is 1. The number of alkyl halides is 3.